The molecule has 2 aromatic carbocycles. The molecule has 1 fully saturated rings. The number of aromatic nitrogens is 3. The van der Waals surface area contributed by atoms with Crippen LogP contribution >= 0.6 is 22.6 Å². The summed E-state index contributed by atoms with van der Waals surface area (Å²) in [6, 6.07) is 7.20. The van der Waals surface area contributed by atoms with E-state index in [0.717, 1.165) is 22.0 Å². The molecule has 1 aromatic heterocycles. The Morgan fingerprint density at radius 1 is 1.37 bits per heavy atom. The van der Waals surface area contributed by atoms with E-state index in [1.165, 1.54) is 6.07 Å². The molecule has 0 radical (unpaired) electrons. The van der Waals surface area contributed by atoms with Crippen LogP contribution in [0.25, 0.3) is 11.0 Å². The molecule has 140 valence electrons. The van der Waals surface area contributed by atoms with Gasteiger partial charge in [0.2, 0.25) is 0 Å². The summed E-state index contributed by atoms with van der Waals surface area (Å²) in [6.45, 7) is 2.37. The summed E-state index contributed by atoms with van der Waals surface area (Å²) in [4.78, 5) is 17.9. The van der Waals surface area contributed by atoms with Gasteiger partial charge in [0, 0.05) is 9.26 Å². The molecule has 27 heavy (non-hydrogen) atoms. The minimum absolute atomic E-state index is 0.0354. The van der Waals surface area contributed by atoms with Crippen LogP contribution in [0.3, 0.4) is 0 Å². The number of carbonyl (C=O) groups is 1. The Hall–Kier alpha value is -2.27. The van der Waals surface area contributed by atoms with Gasteiger partial charge in [0.1, 0.15) is 5.52 Å². The first-order chi connectivity index (χ1) is 13.0. The highest BCUT2D eigenvalue weighted by molar-refractivity contribution is 14.1. The second kappa shape index (κ2) is 7.39. The number of hydroxylamine groups is 1. The van der Waals surface area contributed by atoms with Crippen molar-refractivity contribution in [1.82, 2.24) is 20.9 Å². The molecule has 3 aromatic rings. The summed E-state index contributed by atoms with van der Waals surface area (Å²) in [5.41, 5.74) is 4.50. The first-order valence-corrected chi connectivity index (χ1v) is 9.59. The highest BCUT2D eigenvalue weighted by Gasteiger charge is 2.24. The Labute approximate surface area is 168 Å². The number of anilines is 2. The van der Waals surface area contributed by atoms with Gasteiger partial charge < -0.3 is 5.32 Å². The number of hydrogen-bond donors (Lipinski definition) is 3. The quantitative estimate of drug-likeness (QED) is 0.368. The molecule has 9 heteroatoms. The van der Waals surface area contributed by atoms with Crippen LogP contribution in [0.4, 0.5) is 15.8 Å². The number of fused-ring (bicyclic) bond motifs is 1. The zero-order valence-corrected chi connectivity index (χ0v) is 16.6. The molecule has 3 N–H and O–H groups in total. The van der Waals surface area contributed by atoms with E-state index in [2.05, 4.69) is 48.8 Å². The van der Waals surface area contributed by atoms with Crippen LogP contribution in [0, 0.1) is 22.2 Å². The number of amides is 1. The van der Waals surface area contributed by atoms with Crippen LogP contribution in [0.15, 0.2) is 24.3 Å². The zero-order valence-electron chi connectivity index (χ0n) is 14.5. The number of aryl methyl sites for hydroxylation is 1. The molecule has 0 saturated heterocycles. The van der Waals surface area contributed by atoms with Crippen molar-refractivity contribution < 1.29 is 14.0 Å². The molecule has 0 unspecified atom stereocenters. The van der Waals surface area contributed by atoms with Crippen LogP contribution in [0.5, 0.6) is 0 Å². The van der Waals surface area contributed by atoms with Crippen molar-refractivity contribution in [2.75, 3.05) is 11.9 Å². The van der Waals surface area contributed by atoms with Gasteiger partial charge in [-0.1, -0.05) is 0 Å². The van der Waals surface area contributed by atoms with Crippen molar-refractivity contribution in [1.29, 1.82) is 0 Å². The maximum absolute atomic E-state index is 15.1. The highest BCUT2D eigenvalue weighted by Crippen LogP contribution is 2.31. The van der Waals surface area contributed by atoms with Crippen molar-refractivity contribution in [2.45, 2.75) is 19.8 Å². The number of hydrogen-bond acceptors (Lipinski definition) is 5. The van der Waals surface area contributed by atoms with Crippen LogP contribution in [-0.2, 0) is 4.84 Å². The second-order valence-electron chi connectivity index (χ2n) is 6.57. The molecule has 7 nitrogen and oxygen atoms in total. The average Bonchev–Trinajstić information content (AvgIpc) is 3.33. The fourth-order valence-corrected chi connectivity index (χ4v) is 3.36. The number of H-pyrrole nitrogens is 1. The standard InChI is InChI=1S/C18H17FIN5O2/c1-9-6-11(20)4-5-13(9)21-16-12(18(26)24-27-8-10-2-3-10)7-14-17(15(16)19)23-25-22-14/h4-7,10,21H,2-3,8H2,1H3,(H,24,26)(H,22,23,25). The lowest BCUT2D eigenvalue weighted by molar-refractivity contribution is 0.0271. The van der Waals surface area contributed by atoms with Gasteiger partial charge in [0.05, 0.1) is 17.9 Å². The van der Waals surface area contributed by atoms with Crippen molar-refractivity contribution in [2.24, 2.45) is 5.92 Å². The Kier molecular flexibility index (Phi) is 4.96. The van der Waals surface area contributed by atoms with Gasteiger partial charge in [0.15, 0.2) is 11.3 Å². The molecule has 1 aliphatic carbocycles. The van der Waals surface area contributed by atoms with Crippen molar-refractivity contribution in [3.8, 4) is 0 Å². The number of halogens is 2. The zero-order chi connectivity index (χ0) is 19.0. The minimum atomic E-state index is -0.647. The summed E-state index contributed by atoms with van der Waals surface area (Å²) in [7, 11) is 0. The lowest BCUT2D eigenvalue weighted by Crippen LogP contribution is -2.26. The van der Waals surface area contributed by atoms with Crippen molar-refractivity contribution in [3.63, 3.8) is 0 Å². The van der Waals surface area contributed by atoms with Gasteiger partial charge in [-0.3, -0.25) is 9.63 Å². The highest BCUT2D eigenvalue weighted by atomic mass is 127. The smallest absolute Gasteiger partial charge is 0.277 e. The van der Waals surface area contributed by atoms with E-state index < -0.39 is 11.7 Å². The first-order valence-electron chi connectivity index (χ1n) is 8.51. The Balaban J connectivity index is 1.69. The van der Waals surface area contributed by atoms with E-state index in [4.69, 9.17) is 4.84 Å². The molecule has 1 heterocycles. The van der Waals surface area contributed by atoms with Gasteiger partial charge in [-0.05, 0) is 78.1 Å². The molecule has 0 spiro atoms. The number of aromatic amines is 1. The van der Waals surface area contributed by atoms with Crippen molar-refractivity contribution in [3.05, 3.63) is 44.8 Å². The van der Waals surface area contributed by atoms with E-state index in [1.807, 2.05) is 25.1 Å². The van der Waals surface area contributed by atoms with Gasteiger partial charge in [0.25, 0.3) is 5.91 Å². The van der Waals surface area contributed by atoms with Gasteiger partial charge in [-0.15, -0.1) is 0 Å². The summed E-state index contributed by atoms with van der Waals surface area (Å²) < 4.78 is 16.1. The molecule has 0 bridgehead atoms. The summed E-state index contributed by atoms with van der Waals surface area (Å²) in [5.74, 6) is -0.691. The predicted molar refractivity (Wildman–Crippen MR) is 107 cm³/mol. The first kappa shape index (κ1) is 18.1. The minimum Gasteiger partial charge on any atom is -0.352 e. The van der Waals surface area contributed by atoms with E-state index >= 15 is 4.39 Å². The molecule has 1 aliphatic rings. The Morgan fingerprint density at radius 2 is 2.19 bits per heavy atom. The summed E-state index contributed by atoms with van der Waals surface area (Å²) >= 11 is 2.21. The van der Waals surface area contributed by atoms with Gasteiger partial charge in [-0.25, -0.2) is 9.87 Å². The lowest BCUT2D eigenvalue weighted by atomic mass is 10.1. The number of carbonyl (C=O) groups excluding carboxylic acids is 1. The lowest BCUT2D eigenvalue weighted by Gasteiger charge is -2.15. The van der Waals surface area contributed by atoms with Crippen LogP contribution < -0.4 is 10.8 Å². The third-order valence-corrected chi connectivity index (χ3v) is 5.10. The van der Waals surface area contributed by atoms with Crippen LogP contribution in [0.2, 0.25) is 0 Å². The topological polar surface area (TPSA) is 91.9 Å². The van der Waals surface area contributed by atoms with Gasteiger partial charge >= 0.3 is 0 Å². The number of rotatable bonds is 6. The monoisotopic (exact) mass is 481 g/mol. The predicted octanol–water partition coefficient (Wildman–Crippen LogP) is 3.83. The largest absolute Gasteiger partial charge is 0.352 e. The molecule has 1 saturated carbocycles. The van der Waals surface area contributed by atoms with E-state index in [1.54, 1.807) is 0 Å². The number of nitrogens with zero attached hydrogens (tertiary/aromatic N) is 2. The molecule has 1 amide bonds. The fourth-order valence-electron chi connectivity index (χ4n) is 2.71. The summed E-state index contributed by atoms with van der Waals surface area (Å²) in [6.07, 6.45) is 2.21. The Bertz CT molecular complexity index is 1020. The van der Waals surface area contributed by atoms with Crippen LogP contribution in [-0.4, -0.2) is 27.9 Å². The number of benzene rings is 2. The van der Waals surface area contributed by atoms with E-state index in [9.17, 15) is 4.79 Å². The fraction of sp³-hybridized carbons (Fsp3) is 0.278. The molecular formula is C18H17FIN5O2. The maximum Gasteiger partial charge on any atom is 0.277 e. The normalized spacial score (nSPS) is 13.7. The second-order valence-corrected chi connectivity index (χ2v) is 7.82. The van der Waals surface area contributed by atoms with Crippen LogP contribution in [0.1, 0.15) is 28.8 Å². The molecule has 0 aliphatic heterocycles. The number of nitrogens with one attached hydrogen (secondary N) is 3. The molecule has 4 rings (SSSR count). The Morgan fingerprint density at radius 3 is 2.93 bits per heavy atom. The average molecular weight is 481 g/mol. The molecule has 0 atom stereocenters. The third-order valence-electron chi connectivity index (χ3n) is 4.43. The SMILES string of the molecule is Cc1cc(I)ccc1Nc1c(C(=O)NOCC2CC2)cc2n[nH]nc2c1F. The molecular weight excluding hydrogens is 464 g/mol. The third kappa shape index (κ3) is 3.88. The van der Waals surface area contributed by atoms with E-state index in [-0.39, 0.29) is 22.3 Å². The van der Waals surface area contributed by atoms with Crippen molar-refractivity contribution >= 4 is 50.9 Å². The van der Waals surface area contributed by atoms with Gasteiger partial charge in [-0.2, -0.15) is 15.4 Å². The van der Waals surface area contributed by atoms with E-state index in [0.29, 0.717) is 18.2 Å². The maximum atomic E-state index is 15.1. The summed E-state index contributed by atoms with van der Waals surface area (Å²) in [5, 5.41) is 13.2.